The summed E-state index contributed by atoms with van der Waals surface area (Å²) in [5, 5.41) is 12.8. The Kier molecular flexibility index (Phi) is 4.17. The molecule has 2 aromatic rings. The Morgan fingerprint density at radius 2 is 2.00 bits per heavy atom. The van der Waals surface area contributed by atoms with Crippen LogP contribution in [0.15, 0.2) is 34.9 Å². The highest BCUT2D eigenvalue weighted by molar-refractivity contribution is 5.67. The van der Waals surface area contributed by atoms with Crippen molar-refractivity contribution in [2.45, 2.75) is 33.1 Å². The van der Waals surface area contributed by atoms with Crippen LogP contribution in [-0.4, -0.2) is 21.2 Å². The third-order valence-electron chi connectivity index (χ3n) is 2.97. The van der Waals surface area contributed by atoms with E-state index in [0.29, 0.717) is 24.6 Å². The largest absolute Gasteiger partial charge is 0.481 e. The molecule has 5 nitrogen and oxygen atoms in total. The average molecular weight is 274 g/mol. The Bertz CT molecular complexity index is 576. The fourth-order valence-electron chi connectivity index (χ4n) is 2.09. The van der Waals surface area contributed by atoms with E-state index in [1.165, 1.54) is 0 Å². The van der Waals surface area contributed by atoms with Crippen molar-refractivity contribution >= 4 is 5.97 Å². The van der Waals surface area contributed by atoms with Crippen molar-refractivity contribution < 1.29 is 14.4 Å². The minimum absolute atomic E-state index is 0.0728. The van der Waals surface area contributed by atoms with Crippen LogP contribution in [-0.2, 0) is 17.6 Å². The summed E-state index contributed by atoms with van der Waals surface area (Å²) in [4.78, 5) is 15.1. The van der Waals surface area contributed by atoms with Gasteiger partial charge in [-0.3, -0.25) is 4.79 Å². The van der Waals surface area contributed by atoms with E-state index in [4.69, 9.17) is 9.63 Å². The minimum atomic E-state index is -0.820. The quantitative estimate of drug-likeness (QED) is 0.876. The predicted molar refractivity (Wildman–Crippen MR) is 73.3 cm³/mol. The van der Waals surface area contributed by atoms with Gasteiger partial charge in [-0.1, -0.05) is 49.3 Å². The number of hydrogen-bond acceptors (Lipinski definition) is 4. The smallest absolute Gasteiger partial charge is 0.303 e. The molecule has 2 rings (SSSR count). The zero-order chi connectivity index (χ0) is 14.6. The SMILES string of the molecule is CC(C)(CC(=O)O)Cc1nc(Cc2ccccc2)no1. The zero-order valence-electron chi connectivity index (χ0n) is 11.7. The summed E-state index contributed by atoms with van der Waals surface area (Å²) >= 11 is 0. The van der Waals surface area contributed by atoms with Gasteiger partial charge >= 0.3 is 5.97 Å². The fourth-order valence-corrected chi connectivity index (χ4v) is 2.09. The summed E-state index contributed by atoms with van der Waals surface area (Å²) in [6.07, 6.45) is 1.15. The molecule has 1 N–H and O–H groups in total. The van der Waals surface area contributed by atoms with Gasteiger partial charge < -0.3 is 9.63 Å². The molecule has 1 aromatic heterocycles. The molecule has 106 valence electrons. The molecule has 0 aliphatic rings. The Morgan fingerprint density at radius 1 is 1.30 bits per heavy atom. The highest BCUT2D eigenvalue weighted by Crippen LogP contribution is 2.25. The Labute approximate surface area is 117 Å². The van der Waals surface area contributed by atoms with Crippen LogP contribution in [0.5, 0.6) is 0 Å². The molecule has 0 radical (unpaired) electrons. The Morgan fingerprint density at radius 3 is 2.65 bits per heavy atom. The number of carbonyl (C=O) groups is 1. The van der Waals surface area contributed by atoms with Gasteiger partial charge in [0, 0.05) is 12.8 Å². The van der Waals surface area contributed by atoms with Gasteiger partial charge in [-0.15, -0.1) is 0 Å². The summed E-state index contributed by atoms with van der Waals surface area (Å²) in [7, 11) is 0. The molecule has 20 heavy (non-hydrogen) atoms. The van der Waals surface area contributed by atoms with Gasteiger partial charge in [-0.25, -0.2) is 0 Å². The first-order valence-electron chi connectivity index (χ1n) is 6.52. The second kappa shape index (κ2) is 5.86. The number of carboxylic acid groups (broad SMARTS) is 1. The number of carboxylic acids is 1. The monoisotopic (exact) mass is 274 g/mol. The van der Waals surface area contributed by atoms with Crippen LogP contribution in [0.25, 0.3) is 0 Å². The molecule has 0 spiro atoms. The van der Waals surface area contributed by atoms with Gasteiger partial charge in [0.05, 0.1) is 6.42 Å². The number of aliphatic carboxylic acids is 1. The summed E-state index contributed by atoms with van der Waals surface area (Å²) in [5.74, 6) is 0.290. The fraction of sp³-hybridized carbons (Fsp3) is 0.400. The van der Waals surface area contributed by atoms with Crippen LogP contribution in [0, 0.1) is 5.41 Å². The summed E-state index contributed by atoms with van der Waals surface area (Å²) in [6, 6.07) is 9.90. The van der Waals surface area contributed by atoms with Gasteiger partial charge in [0.15, 0.2) is 5.82 Å². The lowest BCUT2D eigenvalue weighted by Gasteiger charge is -2.19. The molecule has 0 unspecified atom stereocenters. The standard InChI is InChI=1S/C15H18N2O3/c1-15(2,10-14(18)19)9-13-16-12(17-20-13)8-11-6-4-3-5-7-11/h3-7H,8-10H2,1-2H3,(H,18,19). The van der Waals surface area contributed by atoms with Gasteiger partial charge in [-0.2, -0.15) is 4.98 Å². The van der Waals surface area contributed by atoms with E-state index in [9.17, 15) is 4.79 Å². The first kappa shape index (κ1) is 14.2. The van der Waals surface area contributed by atoms with Crippen molar-refractivity contribution in [2.24, 2.45) is 5.41 Å². The van der Waals surface area contributed by atoms with Crippen LogP contribution in [0.1, 0.15) is 37.5 Å². The first-order valence-corrected chi connectivity index (χ1v) is 6.52. The number of nitrogens with zero attached hydrogens (tertiary/aromatic N) is 2. The normalized spacial score (nSPS) is 11.5. The second-order valence-corrected chi connectivity index (χ2v) is 5.68. The van der Waals surface area contributed by atoms with Crippen LogP contribution >= 0.6 is 0 Å². The third kappa shape index (κ3) is 4.19. The molecular weight excluding hydrogens is 256 g/mol. The Hall–Kier alpha value is -2.17. The molecule has 1 heterocycles. The van der Waals surface area contributed by atoms with E-state index >= 15 is 0 Å². The molecule has 0 bridgehead atoms. The first-order chi connectivity index (χ1) is 9.44. The maximum Gasteiger partial charge on any atom is 0.303 e. The maximum absolute atomic E-state index is 10.8. The third-order valence-corrected chi connectivity index (χ3v) is 2.97. The zero-order valence-corrected chi connectivity index (χ0v) is 11.7. The van der Waals surface area contributed by atoms with Crippen molar-refractivity contribution in [1.82, 2.24) is 10.1 Å². The van der Waals surface area contributed by atoms with Crippen LogP contribution in [0.4, 0.5) is 0 Å². The average Bonchev–Trinajstić information content (AvgIpc) is 2.75. The van der Waals surface area contributed by atoms with Crippen molar-refractivity contribution in [3.63, 3.8) is 0 Å². The molecule has 0 fully saturated rings. The second-order valence-electron chi connectivity index (χ2n) is 5.68. The van der Waals surface area contributed by atoms with E-state index < -0.39 is 11.4 Å². The molecule has 1 aromatic carbocycles. The van der Waals surface area contributed by atoms with E-state index in [0.717, 1.165) is 5.56 Å². The molecule has 0 aliphatic carbocycles. The van der Waals surface area contributed by atoms with Crippen molar-refractivity contribution in [2.75, 3.05) is 0 Å². The lowest BCUT2D eigenvalue weighted by atomic mass is 9.86. The predicted octanol–water partition coefficient (Wildman–Crippen LogP) is 2.70. The van der Waals surface area contributed by atoms with E-state index in [1.807, 2.05) is 44.2 Å². The van der Waals surface area contributed by atoms with E-state index in [-0.39, 0.29) is 6.42 Å². The molecular formula is C15H18N2O3. The lowest BCUT2D eigenvalue weighted by Crippen LogP contribution is -2.19. The lowest BCUT2D eigenvalue weighted by molar-refractivity contribution is -0.139. The highest BCUT2D eigenvalue weighted by atomic mass is 16.5. The summed E-state index contributed by atoms with van der Waals surface area (Å²) in [5.41, 5.74) is 0.715. The van der Waals surface area contributed by atoms with Crippen molar-refractivity contribution in [3.05, 3.63) is 47.6 Å². The maximum atomic E-state index is 10.8. The van der Waals surface area contributed by atoms with Gasteiger partial charge in [-0.05, 0) is 11.0 Å². The highest BCUT2D eigenvalue weighted by Gasteiger charge is 2.25. The van der Waals surface area contributed by atoms with Gasteiger partial charge in [0.25, 0.3) is 0 Å². The van der Waals surface area contributed by atoms with Crippen molar-refractivity contribution in [3.8, 4) is 0 Å². The van der Waals surface area contributed by atoms with Crippen LogP contribution in [0.2, 0.25) is 0 Å². The van der Waals surface area contributed by atoms with E-state index in [1.54, 1.807) is 0 Å². The number of benzene rings is 1. The molecule has 5 heteroatoms. The van der Waals surface area contributed by atoms with Crippen LogP contribution in [0.3, 0.4) is 0 Å². The molecule has 0 amide bonds. The topological polar surface area (TPSA) is 76.2 Å². The molecule has 0 saturated heterocycles. The molecule has 0 saturated carbocycles. The number of hydrogen-bond donors (Lipinski definition) is 1. The van der Waals surface area contributed by atoms with Gasteiger partial charge in [0.2, 0.25) is 5.89 Å². The van der Waals surface area contributed by atoms with Gasteiger partial charge in [0.1, 0.15) is 0 Å². The molecule has 0 aliphatic heterocycles. The van der Waals surface area contributed by atoms with E-state index in [2.05, 4.69) is 10.1 Å². The van der Waals surface area contributed by atoms with Crippen molar-refractivity contribution in [1.29, 1.82) is 0 Å². The Balaban J connectivity index is 2.00. The summed E-state index contributed by atoms with van der Waals surface area (Å²) in [6.45, 7) is 3.75. The summed E-state index contributed by atoms with van der Waals surface area (Å²) < 4.78 is 5.20. The minimum Gasteiger partial charge on any atom is -0.481 e. The molecule has 0 atom stereocenters. The number of aromatic nitrogens is 2. The van der Waals surface area contributed by atoms with Crippen LogP contribution < -0.4 is 0 Å². The number of rotatable bonds is 6.